The second kappa shape index (κ2) is 11.4. The van der Waals surface area contributed by atoms with Gasteiger partial charge in [0.25, 0.3) is 5.91 Å². The molecule has 0 aliphatic heterocycles. The molecule has 0 radical (unpaired) electrons. The van der Waals surface area contributed by atoms with Gasteiger partial charge in [-0.25, -0.2) is 4.98 Å². The molecule has 1 aromatic carbocycles. The van der Waals surface area contributed by atoms with Crippen molar-refractivity contribution in [3.63, 3.8) is 0 Å². The molecule has 9 heteroatoms. The molecule has 2 rings (SSSR count). The highest BCUT2D eigenvalue weighted by molar-refractivity contribution is 7.14. The molecule has 1 heterocycles. The third-order valence-corrected chi connectivity index (χ3v) is 4.74. The normalized spacial score (nSPS) is 10.7. The quantitative estimate of drug-likeness (QED) is 0.581. The maximum Gasteiger partial charge on any atom is 0.273 e. The first-order valence-electron chi connectivity index (χ1n) is 9.37. The molecule has 1 aromatic heterocycles. The predicted octanol–water partition coefficient (Wildman–Crippen LogP) is 2.90. The van der Waals surface area contributed by atoms with E-state index in [-0.39, 0.29) is 24.3 Å². The van der Waals surface area contributed by atoms with E-state index in [0.717, 1.165) is 5.69 Å². The largest absolute Gasteiger partial charge is 0.495 e. The van der Waals surface area contributed by atoms with E-state index in [1.54, 1.807) is 24.5 Å². The lowest BCUT2D eigenvalue weighted by atomic mass is 10.3. The minimum absolute atomic E-state index is 0.0628. The second-order valence-corrected chi connectivity index (χ2v) is 7.48. The molecule has 0 aliphatic rings. The number of hydrogen-bond donors (Lipinski definition) is 2. The number of amides is 2. The molecule has 0 bridgehead atoms. The summed E-state index contributed by atoms with van der Waals surface area (Å²) in [5.41, 5.74) is 1.10. The van der Waals surface area contributed by atoms with Crippen LogP contribution in [0.4, 0.5) is 10.8 Å². The number of thiazole rings is 1. The van der Waals surface area contributed by atoms with Gasteiger partial charge in [0.2, 0.25) is 5.91 Å². The molecular formula is C20H28N4O4S. The van der Waals surface area contributed by atoms with Gasteiger partial charge in [-0.3, -0.25) is 9.59 Å². The zero-order chi connectivity index (χ0) is 21.2. The SMILES string of the molecule is COCCN(CCC(=O)NC(C)C)C(=O)c1csc(Nc2ccccc2OC)n1. The number of benzene rings is 1. The van der Waals surface area contributed by atoms with Gasteiger partial charge in [0.15, 0.2) is 5.13 Å². The van der Waals surface area contributed by atoms with E-state index in [0.29, 0.717) is 36.3 Å². The summed E-state index contributed by atoms with van der Waals surface area (Å²) < 4.78 is 10.4. The summed E-state index contributed by atoms with van der Waals surface area (Å²) in [6, 6.07) is 7.55. The lowest BCUT2D eigenvalue weighted by Gasteiger charge is -2.21. The Morgan fingerprint density at radius 2 is 1.97 bits per heavy atom. The van der Waals surface area contributed by atoms with Crippen molar-refractivity contribution < 1.29 is 19.1 Å². The van der Waals surface area contributed by atoms with Crippen molar-refractivity contribution in [3.05, 3.63) is 35.3 Å². The minimum Gasteiger partial charge on any atom is -0.495 e. The summed E-state index contributed by atoms with van der Waals surface area (Å²) in [6.07, 6.45) is 0.226. The fraction of sp³-hybridized carbons (Fsp3) is 0.450. The Bertz CT molecular complexity index is 809. The Hall–Kier alpha value is -2.65. The molecule has 0 aliphatic carbocycles. The molecule has 0 saturated heterocycles. The minimum atomic E-state index is -0.233. The average molecular weight is 421 g/mol. The van der Waals surface area contributed by atoms with E-state index in [2.05, 4.69) is 15.6 Å². The number of carbonyl (C=O) groups excluding carboxylic acids is 2. The summed E-state index contributed by atoms with van der Waals surface area (Å²) >= 11 is 1.33. The van der Waals surface area contributed by atoms with E-state index < -0.39 is 0 Å². The highest BCUT2D eigenvalue weighted by Crippen LogP contribution is 2.28. The number of methoxy groups -OCH3 is 2. The van der Waals surface area contributed by atoms with Crippen molar-refractivity contribution in [2.75, 3.05) is 39.2 Å². The van der Waals surface area contributed by atoms with Crippen LogP contribution in [0.25, 0.3) is 0 Å². The zero-order valence-corrected chi connectivity index (χ0v) is 18.0. The van der Waals surface area contributed by atoms with Crippen LogP contribution in [-0.2, 0) is 9.53 Å². The first kappa shape index (κ1) is 22.6. The number of rotatable bonds is 11. The van der Waals surface area contributed by atoms with Crippen LogP contribution in [0.3, 0.4) is 0 Å². The van der Waals surface area contributed by atoms with Gasteiger partial charge in [0.1, 0.15) is 11.4 Å². The van der Waals surface area contributed by atoms with Crippen molar-refractivity contribution in [1.29, 1.82) is 0 Å². The van der Waals surface area contributed by atoms with E-state index in [9.17, 15) is 9.59 Å². The first-order chi connectivity index (χ1) is 13.9. The van der Waals surface area contributed by atoms with Gasteiger partial charge < -0.3 is 25.0 Å². The number of carbonyl (C=O) groups is 2. The molecule has 0 spiro atoms. The third kappa shape index (κ3) is 7.03. The lowest BCUT2D eigenvalue weighted by molar-refractivity contribution is -0.121. The highest BCUT2D eigenvalue weighted by atomic mass is 32.1. The van der Waals surface area contributed by atoms with Crippen molar-refractivity contribution in [2.24, 2.45) is 0 Å². The number of nitrogens with zero attached hydrogens (tertiary/aromatic N) is 2. The van der Waals surface area contributed by atoms with Crippen LogP contribution in [-0.4, -0.2) is 61.7 Å². The Morgan fingerprint density at radius 3 is 2.66 bits per heavy atom. The second-order valence-electron chi connectivity index (χ2n) is 6.62. The van der Waals surface area contributed by atoms with Gasteiger partial charge in [0, 0.05) is 38.0 Å². The number of para-hydroxylation sites is 2. The molecule has 29 heavy (non-hydrogen) atoms. The van der Waals surface area contributed by atoms with E-state index >= 15 is 0 Å². The van der Waals surface area contributed by atoms with Crippen LogP contribution in [0.15, 0.2) is 29.6 Å². The summed E-state index contributed by atoms with van der Waals surface area (Å²) in [4.78, 5) is 30.8. The zero-order valence-electron chi connectivity index (χ0n) is 17.2. The Morgan fingerprint density at radius 1 is 1.21 bits per heavy atom. The number of aromatic nitrogens is 1. The number of hydrogen-bond acceptors (Lipinski definition) is 7. The van der Waals surface area contributed by atoms with Crippen LogP contribution < -0.4 is 15.4 Å². The molecule has 158 valence electrons. The summed E-state index contributed by atoms with van der Waals surface area (Å²) in [7, 11) is 3.17. The van der Waals surface area contributed by atoms with Gasteiger partial charge in [-0.05, 0) is 26.0 Å². The van der Waals surface area contributed by atoms with Crippen molar-refractivity contribution in [1.82, 2.24) is 15.2 Å². The maximum absolute atomic E-state index is 12.9. The van der Waals surface area contributed by atoms with E-state index in [1.807, 2.05) is 38.1 Å². The summed E-state index contributed by atoms with van der Waals surface area (Å²) in [6.45, 7) is 4.87. The Labute approximate surface area is 175 Å². The third-order valence-electron chi connectivity index (χ3n) is 3.98. The highest BCUT2D eigenvalue weighted by Gasteiger charge is 2.20. The molecule has 0 unspecified atom stereocenters. The summed E-state index contributed by atoms with van der Waals surface area (Å²) in [5, 5.41) is 8.29. The van der Waals surface area contributed by atoms with Crippen LogP contribution in [0.1, 0.15) is 30.8 Å². The fourth-order valence-electron chi connectivity index (χ4n) is 2.60. The van der Waals surface area contributed by atoms with Gasteiger partial charge in [-0.2, -0.15) is 0 Å². The van der Waals surface area contributed by atoms with E-state index in [4.69, 9.17) is 9.47 Å². The van der Waals surface area contributed by atoms with Gasteiger partial charge in [0.05, 0.1) is 19.4 Å². The van der Waals surface area contributed by atoms with Crippen LogP contribution in [0, 0.1) is 0 Å². The van der Waals surface area contributed by atoms with Crippen molar-refractivity contribution in [3.8, 4) is 5.75 Å². The standard InChI is InChI=1S/C20H28N4O4S/c1-14(2)21-18(25)9-10-24(11-12-27-3)19(26)16-13-29-20(23-16)22-15-7-5-6-8-17(15)28-4/h5-8,13-14H,9-12H2,1-4H3,(H,21,25)(H,22,23). The number of nitrogens with one attached hydrogen (secondary N) is 2. The van der Waals surface area contributed by atoms with E-state index in [1.165, 1.54) is 11.3 Å². The molecule has 2 N–H and O–H groups in total. The average Bonchev–Trinajstić information content (AvgIpc) is 3.16. The molecule has 8 nitrogen and oxygen atoms in total. The lowest BCUT2D eigenvalue weighted by Crippen LogP contribution is -2.38. The maximum atomic E-state index is 12.9. The van der Waals surface area contributed by atoms with Crippen LogP contribution in [0.2, 0.25) is 0 Å². The molecule has 0 atom stereocenters. The topological polar surface area (TPSA) is 92.8 Å². The van der Waals surface area contributed by atoms with Gasteiger partial charge >= 0.3 is 0 Å². The molecule has 2 amide bonds. The van der Waals surface area contributed by atoms with Crippen molar-refractivity contribution in [2.45, 2.75) is 26.3 Å². The number of anilines is 2. The van der Waals surface area contributed by atoms with Gasteiger partial charge in [-0.15, -0.1) is 11.3 Å². The number of ether oxygens (including phenoxy) is 2. The fourth-order valence-corrected chi connectivity index (χ4v) is 3.30. The smallest absolute Gasteiger partial charge is 0.273 e. The molecule has 0 saturated carbocycles. The first-order valence-corrected chi connectivity index (χ1v) is 10.3. The Kier molecular flexibility index (Phi) is 8.88. The molecular weight excluding hydrogens is 392 g/mol. The molecule has 2 aromatic rings. The predicted molar refractivity (Wildman–Crippen MR) is 114 cm³/mol. The monoisotopic (exact) mass is 420 g/mol. The molecule has 0 fully saturated rings. The van der Waals surface area contributed by atoms with Crippen molar-refractivity contribution >= 4 is 34.0 Å². The van der Waals surface area contributed by atoms with Crippen LogP contribution >= 0.6 is 11.3 Å². The van der Waals surface area contributed by atoms with Crippen LogP contribution in [0.5, 0.6) is 5.75 Å². The van der Waals surface area contributed by atoms with Gasteiger partial charge in [-0.1, -0.05) is 12.1 Å². The Balaban J connectivity index is 2.05. The summed E-state index contributed by atoms with van der Waals surface area (Å²) in [5.74, 6) is 0.365.